The van der Waals surface area contributed by atoms with Crippen molar-refractivity contribution >= 4 is 17.7 Å². The largest absolute Gasteiger partial charge is 0.481 e. The minimum Gasteiger partial charge on any atom is -0.481 e. The number of ether oxygens (including phenoxy) is 1. The van der Waals surface area contributed by atoms with Gasteiger partial charge in [-0.15, -0.1) is 0 Å². The van der Waals surface area contributed by atoms with E-state index in [0.717, 1.165) is 31.3 Å². The van der Waals surface area contributed by atoms with Gasteiger partial charge >= 0.3 is 11.9 Å². The summed E-state index contributed by atoms with van der Waals surface area (Å²) in [7, 11) is 0. The molecule has 1 N–H and O–H groups in total. The van der Waals surface area contributed by atoms with Crippen molar-refractivity contribution < 1.29 is 24.2 Å². The lowest BCUT2D eigenvalue weighted by molar-refractivity contribution is -0.142. The Bertz CT molecular complexity index is 637. The van der Waals surface area contributed by atoms with Crippen molar-refractivity contribution in [3.63, 3.8) is 0 Å². The Kier molecular flexibility index (Phi) is 6.54. The minimum absolute atomic E-state index is 0.0366. The molecule has 2 aliphatic rings. The maximum atomic E-state index is 12.5. The van der Waals surface area contributed by atoms with Crippen molar-refractivity contribution in [2.75, 3.05) is 6.61 Å². The molecule has 0 aliphatic heterocycles. The van der Waals surface area contributed by atoms with E-state index >= 15 is 0 Å². The standard InChI is InChI=1S/C22H34O5/c1-14(10-20(25)26)6-8-21(4)15(2)7-9-22(5)17(13-27-16(3)23)11-18(24)12-19(21)22/h11,14-15,19H,6-10,12-13H2,1-5H3,(H,25,26)/t14-,15+,19+,21-,22-/m1/s1. The number of hydrogen-bond donors (Lipinski definition) is 1. The average molecular weight is 379 g/mol. The third kappa shape index (κ3) is 4.61. The summed E-state index contributed by atoms with van der Waals surface area (Å²) in [5.74, 6) is -0.201. The Morgan fingerprint density at radius 1 is 1.37 bits per heavy atom. The number of fused-ring (bicyclic) bond motifs is 1. The van der Waals surface area contributed by atoms with Gasteiger partial charge in [0.05, 0.1) is 0 Å². The molecule has 152 valence electrons. The van der Waals surface area contributed by atoms with E-state index in [2.05, 4.69) is 20.8 Å². The van der Waals surface area contributed by atoms with Crippen LogP contribution in [0.4, 0.5) is 0 Å². The van der Waals surface area contributed by atoms with Crippen molar-refractivity contribution in [1.82, 2.24) is 0 Å². The summed E-state index contributed by atoms with van der Waals surface area (Å²) in [4.78, 5) is 34.8. The first kappa shape index (κ1) is 21.6. The molecule has 5 heteroatoms. The summed E-state index contributed by atoms with van der Waals surface area (Å²) >= 11 is 0. The number of carbonyl (C=O) groups is 3. The predicted molar refractivity (Wildman–Crippen MR) is 103 cm³/mol. The Morgan fingerprint density at radius 3 is 2.63 bits per heavy atom. The van der Waals surface area contributed by atoms with Crippen LogP contribution in [0.5, 0.6) is 0 Å². The number of rotatable bonds is 7. The molecule has 5 nitrogen and oxygen atoms in total. The van der Waals surface area contributed by atoms with Crippen molar-refractivity contribution in [2.24, 2.45) is 28.6 Å². The zero-order valence-electron chi connectivity index (χ0n) is 17.3. The van der Waals surface area contributed by atoms with Crippen LogP contribution in [0.15, 0.2) is 11.6 Å². The predicted octanol–water partition coefficient (Wildman–Crippen LogP) is 4.40. The van der Waals surface area contributed by atoms with Crippen molar-refractivity contribution in [3.05, 3.63) is 11.6 Å². The molecule has 2 rings (SSSR count). The second kappa shape index (κ2) is 8.15. The summed E-state index contributed by atoms with van der Waals surface area (Å²) in [6, 6.07) is 0. The number of esters is 1. The number of hydrogen-bond acceptors (Lipinski definition) is 4. The molecule has 0 heterocycles. The lowest BCUT2D eigenvalue weighted by atomic mass is 9.46. The van der Waals surface area contributed by atoms with E-state index in [4.69, 9.17) is 9.84 Å². The van der Waals surface area contributed by atoms with Gasteiger partial charge < -0.3 is 9.84 Å². The fourth-order valence-electron chi connectivity index (χ4n) is 5.32. The van der Waals surface area contributed by atoms with Crippen LogP contribution >= 0.6 is 0 Å². The van der Waals surface area contributed by atoms with E-state index in [1.165, 1.54) is 6.92 Å². The van der Waals surface area contributed by atoms with Crippen molar-refractivity contribution in [1.29, 1.82) is 0 Å². The third-order valence-electron chi connectivity index (χ3n) is 7.39. The maximum Gasteiger partial charge on any atom is 0.303 e. The van der Waals surface area contributed by atoms with Crippen LogP contribution in [0, 0.1) is 28.6 Å². The Labute approximate surface area is 162 Å². The molecule has 0 aromatic heterocycles. The maximum absolute atomic E-state index is 12.5. The topological polar surface area (TPSA) is 80.7 Å². The number of aliphatic carboxylic acids is 1. The van der Waals surface area contributed by atoms with E-state index in [0.29, 0.717) is 12.3 Å². The average Bonchev–Trinajstić information content (AvgIpc) is 2.56. The highest BCUT2D eigenvalue weighted by Crippen LogP contribution is 2.61. The first-order chi connectivity index (χ1) is 12.5. The van der Waals surface area contributed by atoms with E-state index in [9.17, 15) is 14.4 Å². The molecule has 1 fully saturated rings. The van der Waals surface area contributed by atoms with Gasteiger partial charge in [-0.3, -0.25) is 14.4 Å². The molecule has 0 unspecified atom stereocenters. The molecule has 27 heavy (non-hydrogen) atoms. The summed E-state index contributed by atoms with van der Waals surface area (Å²) in [5, 5.41) is 9.05. The number of carboxylic acids is 1. The zero-order chi connectivity index (χ0) is 20.4. The number of ketones is 1. The van der Waals surface area contributed by atoms with E-state index in [1.807, 2.05) is 6.92 Å². The fourth-order valence-corrected chi connectivity index (χ4v) is 5.32. The van der Waals surface area contributed by atoms with Gasteiger partial charge in [0.2, 0.25) is 0 Å². The minimum atomic E-state index is -0.756. The van der Waals surface area contributed by atoms with Gasteiger partial charge in [0, 0.05) is 19.8 Å². The van der Waals surface area contributed by atoms with Gasteiger partial charge in [-0.2, -0.15) is 0 Å². The van der Waals surface area contributed by atoms with Gasteiger partial charge in [-0.05, 0) is 65.9 Å². The van der Waals surface area contributed by atoms with E-state index < -0.39 is 5.97 Å². The normalized spacial score (nSPS) is 34.4. The van der Waals surface area contributed by atoms with Crippen molar-refractivity contribution in [2.45, 2.75) is 73.1 Å². The third-order valence-corrected chi connectivity index (χ3v) is 7.39. The molecule has 0 radical (unpaired) electrons. The monoisotopic (exact) mass is 378 g/mol. The molecule has 0 aromatic carbocycles. The summed E-state index contributed by atoms with van der Waals surface area (Å²) in [6.45, 7) is 10.3. The van der Waals surface area contributed by atoms with Crippen LogP contribution in [-0.4, -0.2) is 29.4 Å². The van der Waals surface area contributed by atoms with Crippen LogP contribution in [0.3, 0.4) is 0 Å². The van der Waals surface area contributed by atoms with Crippen LogP contribution in [0.25, 0.3) is 0 Å². The highest BCUT2D eigenvalue weighted by atomic mass is 16.5. The lowest BCUT2D eigenvalue weighted by Gasteiger charge is -2.58. The quantitative estimate of drug-likeness (QED) is 0.664. The summed E-state index contributed by atoms with van der Waals surface area (Å²) in [5.41, 5.74) is 0.752. The number of carboxylic acid groups (broad SMARTS) is 1. The zero-order valence-corrected chi connectivity index (χ0v) is 17.3. The molecule has 0 amide bonds. The molecule has 5 atom stereocenters. The Hall–Kier alpha value is -1.65. The smallest absolute Gasteiger partial charge is 0.303 e. The van der Waals surface area contributed by atoms with E-state index in [-0.39, 0.29) is 47.4 Å². The molecular formula is C22H34O5. The van der Waals surface area contributed by atoms with Gasteiger partial charge in [0.15, 0.2) is 5.78 Å². The second-order valence-corrected chi connectivity index (χ2v) is 9.28. The van der Waals surface area contributed by atoms with Gasteiger partial charge in [-0.25, -0.2) is 0 Å². The van der Waals surface area contributed by atoms with Crippen molar-refractivity contribution in [3.8, 4) is 0 Å². The second-order valence-electron chi connectivity index (χ2n) is 9.28. The number of allylic oxidation sites excluding steroid dienone is 1. The fraction of sp³-hybridized carbons (Fsp3) is 0.773. The highest BCUT2D eigenvalue weighted by Gasteiger charge is 2.55. The molecule has 0 bridgehead atoms. The summed E-state index contributed by atoms with van der Waals surface area (Å²) in [6.07, 6.45) is 6.20. The molecule has 1 saturated carbocycles. The van der Waals surface area contributed by atoms with E-state index in [1.54, 1.807) is 6.08 Å². The van der Waals surface area contributed by atoms with Gasteiger partial charge in [0.25, 0.3) is 0 Å². The SMILES string of the molecule is CC(=O)OCC1=CC(=O)C[C@H]2[C@](C)(CC[C@@H](C)CC(=O)O)[C@@H](C)CC[C@]12C. The van der Waals surface area contributed by atoms with Crippen LogP contribution in [0.1, 0.15) is 73.1 Å². The Morgan fingerprint density at radius 2 is 2.04 bits per heavy atom. The molecular weight excluding hydrogens is 344 g/mol. The first-order valence-corrected chi connectivity index (χ1v) is 10.1. The first-order valence-electron chi connectivity index (χ1n) is 10.1. The van der Waals surface area contributed by atoms with Crippen LogP contribution in [0.2, 0.25) is 0 Å². The molecule has 2 aliphatic carbocycles. The summed E-state index contributed by atoms with van der Waals surface area (Å²) < 4.78 is 5.26. The van der Waals surface area contributed by atoms with Crippen LogP contribution < -0.4 is 0 Å². The molecule has 0 spiro atoms. The highest BCUT2D eigenvalue weighted by molar-refractivity contribution is 5.92. The van der Waals surface area contributed by atoms with Gasteiger partial charge in [0.1, 0.15) is 6.61 Å². The van der Waals surface area contributed by atoms with Crippen LogP contribution in [-0.2, 0) is 19.1 Å². The Balaban J connectivity index is 2.26. The molecule has 0 aromatic rings. The molecule has 0 saturated heterocycles. The lowest BCUT2D eigenvalue weighted by Crippen LogP contribution is -2.52. The number of carbonyl (C=O) groups excluding carboxylic acids is 2. The van der Waals surface area contributed by atoms with Gasteiger partial charge in [-0.1, -0.05) is 27.7 Å².